The first kappa shape index (κ1) is 14.7. The van der Waals surface area contributed by atoms with E-state index in [-0.39, 0.29) is 12.2 Å². The van der Waals surface area contributed by atoms with Crippen molar-refractivity contribution in [1.82, 2.24) is 0 Å². The first-order valence-electron chi connectivity index (χ1n) is 6.08. The van der Waals surface area contributed by atoms with Gasteiger partial charge in [-0.15, -0.1) is 0 Å². The second-order valence-corrected chi connectivity index (χ2v) is 4.38. The van der Waals surface area contributed by atoms with E-state index in [1.54, 1.807) is 0 Å². The molecule has 0 fully saturated rings. The van der Waals surface area contributed by atoms with Gasteiger partial charge in [0.25, 0.3) is 0 Å². The molecule has 0 radical (unpaired) electrons. The van der Waals surface area contributed by atoms with Gasteiger partial charge in [0.15, 0.2) is 0 Å². The summed E-state index contributed by atoms with van der Waals surface area (Å²) in [5.74, 6) is -0.179. The molecular weight excluding hydrogens is 238 g/mol. The third-order valence-corrected chi connectivity index (χ3v) is 2.59. The van der Waals surface area contributed by atoms with E-state index in [1.165, 1.54) is 17.7 Å². The van der Waals surface area contributed by atoms with Gasteiger partial charge < -0.3 is 4.74 Å². The third kappa shape index (κ3) is 4.44. The highest BCUT2D eigenvalue weighted by atomic mass is 16.5. The molecule has 0 aromatic heterocycles. The zero-order valence-corrected chi connectivity index (χ0v) is 11.2. The maximum atomic E-state index is 11.6. The highest BCUT2D eigenvalue weighted by Crippen LogP contribution is 2.16. The fourth-order valence-corrected chi connectivity index (χ4v) is 1.49. The Morgan fingerprint density at radius 2 is 2.05 bits per heavy atom. The van der Waals surface area contributed by atoms with Crippen molar-refractivity contribution in [3.05, 3.63) is 53.6 Å². The Hall–Kier alpha value is -2.34. The Morgan fingerprint density at radius 3 is 2.53 bits per heavy atom. The fourth-order valence-electron chi connectivity index (χ4n) is 1.49. The molecule has 98 valence electrons. The van der Waals surface area contributed by atoms with Crippen molar-refractivity contribution >= 4 is 12.0 Å². The molecule has 0 N–H and O–H groups in total. The Balaban J connectivity index is 2.89. The molecule has 1 rings (SSSR count). The van der Waals surface area contributed by atoms with Gasteiger partial charge in [0.2, 0.25) is 0 Å². The summed E-state index contributed by atoms with van der Waals surface area (Å²) in [6.45, 7) is 7.77. The predicted molar refractivity (Wildman–Crippen MR) is 75.3 cm³/mol. The van der Waals surface area contributed by atoms with Crippen LogP contribution in [0.15, 0.2) is 42.5 Å². The average molecular weight is 255 g/mol. The first-order valence-corrected chi connectivity index (χ1v) is 6.08. The summed E-state index contributed by atoms with van der Waals surface area (Å²) in [6.07, 6.45) is 2.99. The highest BCUT2D eigenvalue weighted by molar-refractivity contribution is 5.97. The van der Waals surface area contributed by atoms with Gasteiger partial charge in [0.05, 0.1) is 0 Å². The number of hydrogen-bond acceptors (Lipinski definition) is 3. The van der Waals surface area contributed by atoms with E-state index >= 15 is 0 Å². The first-order chi connectivity index (χ1) is 9.08. The monoisotopic (exact) mass is 255 g/mol. The van der Waals surface area contributed by atoms with Gasteiger partial charge in [-0.1, -0.05) is 50.8 Å². The van der Waals surface area contributed by atoms with E-state index in [0.29, 0.717) is 5.92 Å². The third-order valence-electron chi connectivity index (χ3n) is 2.59. The molecule has 0 bridgehead atoms. The summed E-state index contributed by atoms with van der Waals surface area (Å²) in [5.41, 5.74) is 2.00. The summed E-state index contributed by atoms with van der Waals surface area (Å²) >= 11 is 0. The fraction of sp³-hybridized carbons (Fsp3) is 0.250. The lowest BCUT2D eigenvalue weighted by molar-refractivity contribution is -0.137. The number of carbonyl (C=O) groups excluding carboxylic acids is 1. The number of benzene rings is 1. The molecule has 0 unspecified atom stereocenters. The number of rotatable bonds is 5. The predicted octanol–water partition coefficient (Wildman–Crippen LogP) is 3.45. The molecule has 0 aliphatic heterocycles. The van der Waals surface area contributed by atoms with E-state index in [0.717, 1.165) is 5.56 Å². The Bertz CT molecular complexity index is 519. The smallest absolute Gasteiger partial charge is 0.349 e. The molecule has 0 atom stereocenters. The Labute approximate surface area is 113 Å². The van der Waals surface area contributed by atoms with E-state index in [4.69, 9.17) is 10.00 Å². The van der Waals surface area contributed by atoms with Gasteiger partial charge >= 0.3 is 5.97 Å². The van der Waals surface area contributed by atoms with Crippen LogP contribution in [0.25, 0.3) is 6.08 Å². The van der Waals surface area contributed by atoms with Gasteiger partial charge in [-0.3, -0.25) is 0 Å². The SMILES string of the molecule is C=CCOC(=O)C(C#N)=Cc1ccc(C(C)C)cc1. The number of ether oxygens (including phenoxy) is 1. The van der Waals surface area contributed by atoms with Crippen molar-refractivity contribution in [2.75, 3.05) is 6.61 Å². The lowest BCUT2D eigenvalue weighted by atomic mass is 10.0. The summed E-state index contributed by atoms with van der Waals surface area (Å²) in [7, 11) is 0. The van der Waals surface area contributed by atoms with Gasteiger partial charge in [-0.05, 0) is 23.1 Å². The summed E-state index contributed by atoms with van der Waals surface area (Å²) in [6, 6.07) is 9.59. The standard InChI is InChI=1S/C16H17NO2/c1-4-9-19-16(18)15(11-17)10-13-5-7-14(8-6-13)12(2)3/h4-8,10,12H,1,9H2,2-3H3. The highest BCUT2D eigenvalue weighted by Gasteiger charge is 2.09. The van der Waals surface area contributed by atoms with Crippen LogP contribution < -0.4 is 0 Å². The minimum absolute atomic E-state index is 0.0147. The molecule has 0 saturated carbocycles. The zero-order valence-electron chi connectivity index (χ0n) is 11.2. The largest absolute Gasteiger partial charge is 0.457 e. The normalized spacial score (nSPS) is 10.9. The second-order valence-electron chi connectivity index (χ2n) is 4.38. The molecule has 0 heterocycles. The maximum Gasteiger partial charge on any atom is 0.349 e. The Kier molecular flexibility index (Phi) is 5.56. The van der Waals surface area contributed by atoms with E-state index < -0.39 is 5.97 Å². The van der Waals surface area contributed by atoms with Crippen molar-refractivity contribution in [2.24, 2.45) is 0 Å². The average Bonchev–Trinajstić information content (AvgIpc) is 2.42. The van der Waals surface area contributed by atoms with Gasteiger partial charge in [-0.25, -0.2) is 4.79 Å². The molecule has 3 heteroatoms. The summed E-state index contributed by atoms with van der Waals surface area (Å²) in [5, 5.41) is 8.95. The molecule has 19 heavy (non-hydrogen) atoms. The van der Waals surface area contributed by atoms with Crippen LogP contribution >= 0.6 is 0 Å². The van der Waals surface area contributed by atoms with E-state index in [2.05, 4.69) is 20.4 Å². The van der Waals surface area contributed by atoms with E-state index in [9.17, 15) is 4.79 Å². The van der Waals surface area contributed by atoms with Crippen molar-refractivity contribution in [2.45, 2.75) is 19.8 Å². The van der Waals surface area contributed by atoms with Crippen molar-refractivity contribution in [1.29, 1.82) is 5.26 Å². The lowest BCUT2D eigenvalue weighted by Crippen LogP contribution is -2.06. The minimum atomic E-state index is -0.629. The summed E-state index contributed by atoms with van der Waals surface area (Å²) < 4.78 is 4.83. The van der Waals surface area contributed by atoms with Crippen LogP contribution in [0.3, 0.4) is 0 Å². The molecule has 0 saturated heterocycles. The van der Waals surface area contributed by atoms with Crippen LogP contribution in [0.4, 0.5) is 0 Å². The molecule has 0 spiro atoms. The van der Waals surface area contributed by atoms with Crippen LogP contribution in [0, 0.1) is 11.3 Å². The van der Waals surface area contributed by atoms with Crippen molar-refractivity contribution < 1.29 is 9.53 Å². The van der Waals surface area contributed by atoms with Crippen molar-refractivity contribution in [3.8, 4) is 6.07 Å². The molecule has 3 nitrogen and oxygen atoms in total. The Morgan fingerprint density at radius 1 is 1.42 bits per heavy atom. The van der Waals surface area contributed by atoms with Crippen LogP contribution in [0.2, 0.25) is 0 Å². The number of esters is 1. The zero-order chi connectivity index (χ0) is 14.3. The van der Waals surface area contributed by atoms with Crippen LogP contribution in [0.5, 0.6) is 0 Å². The molecular formula is C16H17NO2. The molecule has 0 aliphatic rings. The molecule has 1 aromatic carbocycles. The minimum Gasteiger partial charge on any atom is -0.457 e. The van der Waals surface area contributed by atoms with Crippen LogP contribution in [0.1, 0.15) is 30.9 Å². The van der Waals surface area contributed by atoms with E-state index in [1.807, 2.05) is 30.3 Å². The van der Waals surface area contributed by atoms with Gasteiger partial charge in [-0.2, -0.15) is 5.26 Å². The number of nitriles is 1. The molecule has 0 amide bonds. The van der Waals surface area contributed by atoms with Crippen LogP contribution in [-0.2, 0) is 9.53 Å². The molecule has 0 aliphatic carbocycles. The van der Waals surface area contributed by atoms with Crippen LogP contribution in [-0.4, -0.2) is 12.6 Å². The maximum absolute atomic E-state index is 11.6. The van der Waals surface area contributed by atoms with Crippen molar-refractivity contribution in [3.63, 3.8) is 0 Å². The summed E-state index contributed by atoms with van der Waals surface area (Å²) in [4.78, 5) is 11.6. The molecule has 1 aromatic rings. The quantitative estimate of drug-likeness (QED) is 0.350. The number of nitrogens with zero attached hydrogens (tertiary/aromatic N) is 1. The number of carbonyl (C=O) groups is 1. The van der Waals surface area contributed by atoms with Gasteiger partial charge in [0, 0.05) is 0 Å². The second kappa shape index (κ2) is 7.17. The van der Waals surface area contributed by atoms with Gasteiger partial charge in [0.1, 0.15) is 18.2 Å². The topological polar surface area (TPSA) is 50.1 Å². The lowest BCUT2D eigenvalue weighted by Gasteiger charge is -2.05. The number of hydrogen-bond donors (Lipinski definition) is 0.